The van der Waals surface area contributed by atoms with Gasteiger partial charge in [-0.1, -0.05) is 6.58 Å². The summed E-state index contributed by atoms with van der Waals surface area (Å²) >= 11 is 3.01. The fourth-order valence-corrected chi connectivity index (χ4v) is 4.43. The van der Waals surface area contributed by atoms with Crippen LogP contribution >= 0.6 is 15.9 Å². The van der Waals surface area contributed by atoms with Crippen LogP contribution in [0.5, 0.6) is 0 Å². The van der Waals surface area contributed by atoms with E-state index in [4.69, 9.17) is 11.1 Å². The SMILES string of the molecule is C=C(Br)C(=O)Nc1c[nH]c(C(=O)Nc2c[nH]c(C(=O)Nc3n[nH]c(C(=O)Nc4cc(C(=O)NCCC(=N)N)n(C)n4)c3C)c2C)c1C. The van der Waals surface area contributed by atoms with Gasteiger partial charge in [0.15, 0.2) is 11.6 Å². The van der Waals surface area contributed by atoms with Crippen molar-refractivity contribution in [1.29, 1.82) is 5.41 Å². The van der Waals surface area contributed by atoms with Gasteiger partial charge >= 0.3 is 0 Å². The molecule has 0 unspecified atom stereocenters. The van der Waals surface area contributed by atoms with E-state index in [1.165, 1.54) is 30.2 Å². The normalized spacial score (nSPS) is 10.7. The highest BCUT2D eigenvalue weighted by Gasteiger charge is 2.23. The number of hydrogen-bond acceptors (Lipinski definition) is 8. The Labute approximate surface area is 275 Å². The van der Waals surface area contributed by atoms with Gasteiger partial charge in [0.25, 0.3) is 29.5 Å². The van der Waals surface area contributed by atoms with Gasteiger partial charge in [0.2, 0.25) is 0 Å². The molecule has 0 aliphatic heterocycles. The molecule has 5 amide bonds. The zero-order valence-corrected chi connectivity index (χ0v) is 27.3. The van der Waals surface area contributed by atoms with Crippen LogP contribution in [0.3, 0.4) is 0 Å². The van der Waals surface area contributed by atoms with Gasteiger partial charge in [-0.25, -0.2) is 0 Å². The molecule has 0 radical (unpaired) electrons. The van der Waals surface area contributed by atoms with Crippen molar-refractivity contribution in [3.8, 4) is 0 Å². The number of aromatic nitrogens is 6. The number of nitrogens with two attached hydrogens (primary N) is 1. The van der Waals surface area contributed by atoms with Crippen molar-refractivity contribution in [3.05, 3.63) is 69.0 Å². The van der Waals surface area contributed by atoms with Crippen LogP contribution in [0.15, 0.2) is 29.5 Å². The molecule has 0 atom stereocenters. The molecule has 4 aromatic heterocycles. The lowest BCUT2D eigenvalue weighted by atomic mass is 10.2. The number of H-pyrrole nitrogens is 3. The summed E-state index contributed by atoms with van der Waals surface area (Å²) in [6.07, 6.45) is 3.13. The maximum Gasteiger partial charge on any atom is 0.275 e. The van der Waals surface area contributed by atoms with Crippen LogP contribution in [0.2, 0.25) is 0 Å². The molecule has 0 spiro atoms. The van der Waals surface area contributed by atoms with Crippen molar-refractivity contribution in [3.63, 3.8) is 0 Å². The number of hydrogen-bond donors (Lipinski definition) is 10. The molecular formula is C28H32BrN13O5. The lowest BCUT2D eigenvalue weighted by molar-refractivity contribution is -0.112. The first-order valence-electron chi connectivity index (χ1n) is 13.8. The number of aryl methyl sites for hydroxylation is 1. The monoisotopic (exact) mass is 709 g/mol. The topological polar surface area (TPSA) is 273 Å². The number of nitrogens with zero attached hydrogens (tertiary/aromatic N) is 3. The molecule has 0 saturated carbocycles. The number of anilines is 4. The first kappa shape index (κ1) is 33.9. The van der Waals surface area contributed by atoms with Crippen LogP contribution in [-0.2, 0) is 11.8 Å². The van der Waals surface area contributed by atoms with E-state index >= 15 is 0 Å². The fourth-order valence-electron chi connectivity index (χ4n) is 4.33. The molecule has 0 aromatic carbocycles. The number of amidine groups is 1. The fraction of sp³-hybridized carbons (Fsp3) is 0.214. The number of nitrogens with one attached hydrogen (secondary N) is 9. The Morgan fingerprint density at radius 3 is 2.06 bits per heavy atom. The van der Waals surface area contributed by atoms with Gasteiger partial charge in [0.05, 0.1) is 21.7 Å². The minimum Gasteiger partial charge on any atom is -0.388 e. The summed E-state index contributed by atoms with van der Waals surface area (Å²) in [5.74, 6) is -2.47. The third-order valence-electron chi connectivity index (χ3n) is 6.98. The highest BCUT2D eigenvalue weighted by atomic mass is 79.9. The first-order valence-corrected chi connectivity index (χ1v) is 14.6. The molecule has 4 heterocycles. The zero-order valence-electron chi connectivity index (χ0n) is 25.7. The average molecular weight is 711 g/mol. The van der Waals surface area contributed by atoms with Gasteiger partial charge < -0.3 is 42.3 Å². The van der Waals surface area contributed by atoms with Crippen LogP contribution in [-0.4, -0.2) is 71.9 Å². The molecule has 0 fully saturated rings. The van der Waals surface area contributed by atoms with Crippen LogP contribution in [0.4, 0.5) is 23.0 Å². The first-order chi connectivity index (χ1) is 22.2. The second-order valence-corrected chi connectivity index (χ2v) is 11.2. The summed E-state index contributed by atoms with van der Waals surface area (Å²) in [5, 5.41) is 31.2. The summed E-state index contributed by atoms with van der Waals surface area (Å²) in [4.78, 5) is 69.1. The molecule has 0 bridgehead atoms. The quantitative estimate of drug-likeness (QED) is 0.0591. The van der Waals surface area contributed by atoms with Gasteiger partial charge in [-0.15, -0.1) is 0 Å². The third kappa shape index (κ3) is 7.64. The van der Waals surface area contributed by atoms with Gasteiger partial charge in [-0.05, 0) is 36.7 Å². The van der Waals surface area contributed by atoms with Crippen LogP contribution in [0, 0.1) is 26.2 Å². The molecule has 11 N–H and O–H groups in total. The summed E-state index contributed by atoms with van der Waals surface area (Å²) in [7, 11) is 1.53. The van der Waals surface area contributed by atoms with Gasteiger partial charge in [-0.3, -0.25) is 39.2 Å². The van der Waals surface area contributed by atoms with E-state index in [0.29, 0.717) is 28.1 Å². The molecule has 47 heavy (non-hydrogen) atoms. The molecule has 246 valence electrons. The minimum atomic E-state index is -0.613. The average Bonchev–Trinajstić information content (AvgIpc) is 3.75. The summed E-state index contributed by atoms with van der Waals surface area (Å²) < 4.78 is 1.42. The van der Waals surface area contributed by atoms with E-state index in [2.05, 4.69) is 74.4 Å². The largest absolute Gasteiger partial charge is 0.388 e. The Morgan fingerprint density at radius 1 is 0.894 bits per heavy atom. The van der Waals surface area contributed by atoms with E-state index in [1.807, 2.05) is 0 Å². The van der Waals surface area contributed by atoms with E-state index in [1.54, 1.807) is 20.8 Å². The smallest absolute Gasteiger partial charge is 0.275 e. The molecule has 0 aliphatic rings. The van der Waals surface area contributed by atoms with Crippen LogP contribution in [0.25, 0.3) is 0 Å². The second-order valence-electron chi connectivity index (χ2n) is 10.3. The van der Waals surface area contributed by atoms with E-state index in [9.17, 15) is 24.0 Å². The number of halogens is 1. The number of rotatable bonds is 12. The number of amides is 5. The lowest BCUT2D eigenvalue weighted by Crippen LogP contribution is -2.29. The van der Waals surface area contributed by atoms with Crippen LogP contribution in [0.1, 0.15) is 65.1 Å². The maximum atomic E-state index is 13.1. The van der Waals surface area contributed by atoms with Crippen LogP contribution < -0.4 is 32.3 Å². The molecule has 4 rings (SSSR count). The third-order valence-corrected chi connectivity index (χ3v) is 7.34. The molecule has 0 aliphatic carbocycles. The Kier molecular flexibility index (Phi) is 10.1. The van der Waals surface area contributed by atoms with Crippen molar-refractivity contribution >= 4 is 74.3 Å². The predicted molar refractivity (Wildman–Crippen MR) is 177 cm³/mol. The van der Waals surface area contributed by atoms with Crippen molar-refractivity contribution in [2.75, 3.05) is 27.8 Å². The predicted octanol–water partition coefficient (Wildman–Crippen LogP) is 2.38. The standard InChI is InChI=1S/C28H32BrN13O5/c1-11-15(35-24(43)14(4)29)9-33-20(11)26(45)36-16-10-34-21(12(16)2)27(46)38-23-13(3)22(39-40-23)28(47)37-19-8-17(42(5)41-19)25(44)32-7-6-18(30)31/h8-10,33-34H,4,6-7H2,1-3,5H3,(H3,30,31)(H,32,44)(H,35,43)(H,36,45)(H,37,41,47)(H2,38,39,40,46). The Morgan fingerprint density at radius 2 is 1.47 bits per heavy atom. The zero-order chi connectivity index (χ0) is 34.6. The van der Waals surface area contributed by atoms with Crippen molar-refractivity contribution < 1.29 is 24.0 Å². The van der Waals surface area contributed by atoms with Crippen molar-refractivity contribution in [2.45, 2.75) is 27.2 Å². The van der Waals surface area contributed by atoms with E-state index in [0.717, 1.165) is 0 Å². The maximum absolute atomic E-state index is 13.1. The number of carbonyl (C=O) groups excluding carboxylic acids is 5. The molecule has 18 nitrogen and oxygen atoms in total. The Balaban J connectivity index is 1.39. The second kappa shape index (κ2) is 14.0. The number of aromatic amines is 3. The summed E-state index contributed by atoms with van der Waals surface area (Å²) in [5.41, 5.74) is 7.89. The highest BCUT2D eigenvalue weighted by Crippen LogP contribution is 2.25. The lowest BCUT2D eigenvalue weighted by Gasteiger charge is -2.07. The summed E-state index contributed by atoms with van der Waals surface area (Å²) in [6, 6.07) is 1.38. The Hall–Kier alpha value is -5.98. The molecule has 4 aromatic rings. The summed E-state index contributed by atoms with van der Waals surface area (Å²) in [6.45, 7) is 8.56. The van der Waals surface area contributed by atoms with E-state index < -0.39 is 29.5 Å². The molecule has 19 heteroatoms. The molecular weight excluding hydrogens is 678 g/mol. The minimum absolute atomic E-state index is 0.0481. The van der Waals surface area contributed by atoms with E-state index in [-0.39, 0.29) is 57.7 Å². The van der Waals surface area contributed by atoms with Gasteiger partial charge in [-0.2, -0.15) is 10.2 Å². The van der Waals surface area contributed by atoms with Crippen molar-refractivity contribution in [1.82, 2.24) is 35.3 Å². The van der Waals surface area contributed by atoms with Gasteiger partial charge in [0, 0.05) is 55.2 Å². The number of carbonyl (C=O) groups is 5. The van der Waals surface area contributed by atoms with Gasteiger partial charge in [0.1, 0.15) is 22.8 Å². The van der Waals surface area contributed by atoms with Crippen molar-refractivity contribution in [2.24, 2.45) is 12.8 Å². The molecule has 0 saturated heterocycles. The Bertz CT molecular complexity index is 1930. The highest BCUT2D eigenvalue weighted by molar-refractivity contribution is 9.12.